The number of piperazine rings is 1. The lowest BCUT2D eigenvalue weighted by molar-refractivity contribution is -0.130. The second kappa shape index (κ2) is 8.20. The molecule has 1 aliphatic rings. The number of benzene rings is 1. The Hall–Kier alpha value is -2.90. The van der Waals surface area contributed by atoms with Gasteiger partial charge in [-0.3, -0.25) is 9.59 Å². The van der Waals surface area contributed by atoms with Gasteiger partial charge < -0.3 is 14.5 Å². The minimum Gasteiger partial charge on any atom is -0.489 e. The van der Waals surface area contributed by atoms with E-state index in [1.54, 1.807) is 28.1 Å². The highest BCUT2D eigenvalue weighted by atomic mass is 19.1. The summed E-state index contributed by atoms with van der Waals surface area (Å²) in [6, 6.07) is 5.86. The maximum Gasteiger partial charge on any atom is 0.278 e. The van der Waals surface area contributed by atoms with Gasteiger partial charge in [-0.1, -0.05) is 6.92 Å². The second-order valence-corrected chi connectivity index (χ2v) is 6.41. The third-order valence-electron chi connectivity index (χ3n) is 4.45. The highest BCUT2D eigenvalue weighted by Crippen LogP contribution is 2.22. The third kappa shape index (κ3) is 4.27. The van der Waals surface area contributed by atoms with Crippen molar-refractivity contribution in [1.29, 1.82) is 0 Å². The first-order valence-corrected chi connectivity index (χ1v) is 9.02. The van der Waals surface area contributed by atoms with Crippen molar-refractivity contribution in [1.82, 2.24) is 19.6 Å². The zero-order valence-electron chi connectivity index (χ0n) is 15.5. The standard InChI is InChI=1S/C19H23FN4O3/c1-3-12-27-17-13-24(16-6-4-15(20)5-7-16)21-18(17)19(26)23-10-8-22(9-11-23)14(2)25/h4-7,13H,3,8-12H2,1-2H3. The van der Waals surface area contributed by atoms with Crippen molar-refractivity contribution in [3.63, 3.8) is 0 Å². The largest absolute Gasteiger partial charge is 0.489 e. The Labute approximate surface area is 157 Å². The minimum absolute atomic E-state index is 0.00894. The molecule has 0 atom stereocenters. The van der Waals surface area contributed by atoms with Gasteiger partial charge in [-0.2, -0.15) is 5.10 Å². The molecule has 1 aromatic carbocycles. The van der Waals surface area contributed by atoms with Crippen LogP contribution in [-0.2, 0) is 4.79 Å². The number of rotatable bonds is 5. The molecule has 0 N–H and O–H groups in total. The van der Waals surface area contributed by atoms with Crippen molar-refractivity contribution in [2.24, 2.45) is 0 Å². The van der Waals surface area contributed by atoms with E-state index in [0.717, 1.165) is 6.42 Å². The van der Waals surface area contributed by atoms with Crippen molar-refractivity contribution in [2.45, 2.75) is 20.3 Å². The molecule has 2 amide bonds. The summed E-state index contributed by atoms with van der Waals surface area (Å²) in [5.41, 5.74) is 0.863. The fraction of sp³-hybridized carbons (Fsp3) is 0.421. The van der Waals surface area contributed by atoms with Crippen LogP contribution in [0.25, 0.3) is 5.69 Å². The Bertz CT molecular complexity index is 811. The highest BCUT2D eigenvalue weighted by Gasteiger charge is 2.28. The van der Waals surface area contributed by atoms with Crippen molar-refractivity contribution in [3.05, 3.63) is 42.0 Å². The molecule has 0 spiro atoms. The number of ether oxygens (including phenoxy) is 1. The van der Waals surface area contributed by atoms with E-state index in [1.165, 1.54) is 23.7 Å². The van der Waals surface area contributed by atoms with E-state index < -0.39 is 0 Å². The number of carbonyl (C=O) groups excluding carboxylic acids is 2. The molecule has 7 nitrogen and oxygen atoms in total. The van der Waals surface area contributed by atoms with Crippen LogP contribution in [0.1, 0.15) is 30.8 Å². The van der Waals surface area contributed by atoms with Crippen LogP contribution >= 0.6 is 0 Å². The molecule has 1 aromatic heterocycles. The van der Waals surface area contributed by atoms with Gasteiger partial charge >= 0.3 is 0 Å². The summed E-state index contributed by atoms with van der Waals surface area (Å²) >= 11 is 0. The molecule has 0 saturated carbocycles. The zero-order valence-corrected chi connectivity index (χ0v) is 15.5. The lowest BCUT2D eigenvalue weighted by Crippen LogP contribution is -2.50. The first kappa shape index (κ1) is 18.9. The Morgan fingerprint density at radius 1 is 1.11 bits per heavy atom. The SMILES string of the molecule is CCCOc1cn(-c2ccc(F)cc2)nc1C(=O)N1CCN(C(C)=O)CC1. The summed E-state index contributed by atoms with van der Waals surface area (Å²) in [6.07, 6.45) is 2.44. The van der Waals surface area contributed by atoms with Crippen LogP contribution in [0.3, 0.4) is 0 Å². The van der Waals surface area contributed by atoms with Crippen LogP contribution in [-0.4, -0.2) is 64.2 Å². The summed E-state index contributed by atoms with van der Waals surface area (Å²) < 4.78 is 20.4. The Morgan fingerprint density at radius 3 is 2.33 bits per heavy atom. The van der Waals surface area contributed by atoms with Crippen LogP contribution in [0, 0.1) is 5.82 Å². The monoisotopic (exact) mass is 374 g/mol. The third-order valence-corrected chi connectivity index (χ3v) is 4.45. The topological polar surface area (TPSA) is 67.7 Å². The van der Waals surface area contributed by atoms with E-state index >= 15 is 0 Å². The maximum absolute atomic E-state index is 13.2. The molecule has 0 radical (unpaired) electrons. The molecule has 0 aliphatic carbocycles. The van der Waals surface area contributed by atoms with Crippen LogP contribution in [0.5, 0.6) is 5.75 Å². The summed E-state index contributed by atoms with van der Waals surface area (Å²) in [6.45, 7) is 5.89. The number of hydrogen-bond acceptors (Lipinski definition) is 4. The Morgan fingerprint density at radius 2 is 1.74 bits per heavy atom. The Balaban J connectivity index is 1.83. The molecular formula is C19H23FN4O3. The van der Waals surface area contributed by atoms with Crippen LogP contribution in [0.2, 0.25) is 0 Å². The molecule has 144 valence electrons. The minimum atomic E-state index is -0.340. The van der Waals surface area contributed by atoms with E-state index in [1.807, 2.05) is 6.92 Å². The van der Waals surface area contributed by atoms with Gasteiger partial charge in [0, 0.05) is 33.1 Å². The molecule has 8 heteroatoms. The number of hydrogen-bond donors (Lipinski definition) is 0. The van der Waals surface area contributed by atoms with Gasteiger partial charge in [0.2, 0.25) is 5.91 Å². The fourth-order valence-electron chi connectivity index (χ4n) is 2.92. The molecular weight excluding hydrogens is 351 g/mol. The molecule has 1 saturated heterocycles. The van der Waals surface area contributed by atoms with Gasteiger partial charge in [0.25, 0.3) is 5.91 Å². The average Bonchev–Trinajstić information content (AvgIpc) is 3.10. The maximum atomic E-state index is 13.2. The highest BCUT2D eigenvalue weighted by molar-refractivity contribution is 5.95. The number of aromatic nitrogens is 2. The molecule has 3 rings (SSSR count). The molecule has 2 aromatic rings. The van der Waals surface area contributed by atoms with Gasteiger partial charge in [0.15, 0.2) is 11.4 Å². The Kier molecular flexibility index (Phi) is 5.73. The van der Waals surface area contributed by atoms with E-state index in [2.05, 4.69) is 5.10 Å². The van der Waals surface area contributed by atoms with Crippen molar-refractivity contribution in [2.75, 3.05) is 32.8 Å². The lowest BCUT2D eigenvalue weighted by atomic mass is 10.2. The quantitative estimate of drug-likeness (QED) is 0.804. The van der Waals surface area contributed by atoms with Crippen LogP contribution in [0.15, 0.2) is 30.5 Å². The molecule has 1 fully saturated rings. The number of amides is 2. The predicted molar refractivity (Wildman–Crippen MR) is 97.5 cm³/mol. The summed E-state index contributed by atoms with van der Waals surface area (Å²) in [5, 5.41) is 4.39. The second-order valence-electron chi connectivity index (χ2n) is 6.41. The van der Waals surface area contributed by atoms with Gasteiger partial charge in [0.1, 0.15) is 5.82 Å². The molecule has 1 aliphatic heterocycles. The smallest absolute Gasteiger partial charge is 0.278 e. The van der Waals surface area contributed by atoms with Crippen LogP contribution in [0.4, 0.5) is 4.39 Å². The summed E-state index contributed by atoms with van der Waals surface area (Å²) in [7, 11) is 0. The molecule has 2 heterocycles. The van der Waals surface area contributed by atoms with Gasteiger partial charge in [-0.25, -0.2) is 9.07 Å². The van der Waals surface area contributed by atoms with Gasteiger partial charge in [-0.15, -0.1) is 0 Å². The van der Waals surface area contributed by atoms with Crippen molar-refractivity contribution < 1.29 is 18.7 Å². The summed E-state index contributed by atoms with van der Waals surface area (Å²) in [5.74, 6) is -0.159. The van der Waals surface area contributed by atoms with E-state index in [4.69, 9.17) is 4.74 Å². The van der Waals surface area contributed by atoms with E-state index in [-0.39, 0.29) is 23.3 Å². The number of nitrogens with zero attached hydrogens (tertiary/aromatic N) is 4. The first-order valence-electron chi connectivity index (χ1n) is 9.02. The van der Waals surface area contributed by atoms with Crippen molar-refractivity contribution in [3.8, 4) is 11.4 Å². The van der Waals surface area contributed by atoms with Gasteiger partial charge in [0.05, 0.1) is 18.5 Å². The van der Waals surface area contributed by atoms with Gasteiger partial charge in [-0.05, 0) is 30.7 Å². The fourth-order valence-corrected chi connectivity index (χ4v) is 2.92. The number of carbonyl (C=O) groups is 2. The lowest BCUT2D eigenvalue weighted by Gasteiger charge is -2.33. The zero-order chi connectivity index (χ0) is 19.4. The van der Waals surface area contributed by atoms with E-state index in [0.29, 0.717) is 44.2 Å². The molecule has 0 unspecified atom stereocenters. The molecule has 0 bridgehead atoms. The number of halogens is 1. The van der Waals surface area contributed by atoms with Crippen molar-refractivity contribution >= 4 is 11.8 Å². The van der Waals surface area contributed by atoms with Crippen LogP contribution < -0.4 is 4.74 Å². The first-order chi connectivity index (χ1) is 13.0. The average molecular weight is 374 g/mol. The summed E-state index contributed by atoms with van der Waals surface area (Å²) in [4.78, 5) is 27.8. The van der Waals surface area contributed by atoms with E-state index in [9.17, 15) is 14.0 Å². The normalized spacial score (nSPS) is 14.3. The molecule has 27 heavy (non-hydrogen) atoms. The predicted octanol–water partition coefficient (Wildman–Crippen LogP) is 2.10.